The average molecular weight is 505 g/mol. The smallest absolute Gasteiger partial charge is 0.410 e. The van der Waals surface area contributed by atoms with Gasteiger partial charge in [-0.1, -0.05) is 52.3 Å². The summed E-state index contributed by atoms with van der Waals surface area (Å²) in [6.45, 7) is 6.12. The third kappa shape index (κ3) is 4.50. The highest BCUT2D eigenvalue weighted by atomic mass is 79.9. The van der Waals surface area contributed by atoms with E-state index in [9.17, 15) is 13.2 Å². The molecule has 0 saturated heterocycles. The van der Waals surface area contributed by atoms with Gasteiger partial charge in [0, 0.05) is 16.4 Å². The van der Waals surface area contributed by atoms with Crippen LogP contribution in [-0.2, 0) is 33.5 Å². The maximum Gasteiger partial charge on any atom is 0.410 e. The van der Waals surface area contributed by atoms with E-state index in [1.54, 1.807) is 17.0 Å². The Kier molecular flexibility index (Phi) is 5.64. The minimum atomic E-state index is -3.72. The Hall–Kier alpha value is -2.32. The molecule has 3 aromatic rings. The van der Waals surface area contributed by atoms with Gasteiger partial charge in [-0.25, -0.2) is 17.2 Å². The van der Waals surface area contributed by atoms with Crippen molar-refractivity contribution in [1.29, 1.82) is 0 Å². The summed E-state index contributed by atoms with van der Waals surface area (Å²) in [6.07, 6.45) is 0.136. The molecular formula is C23H25BrN2O4S. The highest BCUT2D eigenvalue weighted by Gasteiger charge is 2.33. The number of carbonyl (C=O) groups is 1. The minimum Gasteiger partial charge on any atom is -0.444 e. The van der Waals surface area contributed by atoms with Crippen LogP contribution in [0.5, 0.6) is 0 Å². The van der Waals surface area contributed by atoms with Crippen LogP contribution < -0.4 is 0 Å². The van der Waals surface area contributed by atoms with Gasteiger partial charge in [0.25, 0.3) is 0 Å². The molecule has 31 heavy (non-hydrogen) atoms. The van der Waals surface area contributed by atoms with Crippen LogP contribution in [0.2, 0.25) is 0 Å². The number of aromatic nitrogens is 1. The lowest BCUT2D eigenvalue weighted by molar-refractivity contribution is 0.0221. The van der Waals surface area contributed by atoms with Gasteiger partial charge in [0.05, 0.1) is 23.5 Å². The first-order valence-corrected chi connectivity index (χ1v) is 12.5. The Labute approximate surface area is 191 Å². The summed E-state index contributed by atoms with van der Waals surface area (Å²) in [7, 11) is -3.72. The number of benzene rings is 2. The van der Waals surface area contributed by atoms with Crippen LogP contribution in [-0.4, -0.2) is 35.5 Å². The standard InChI is InChI=1S/C23H25BrN2O4S/c1-23(2,3)30-22(27)25-12-11-19-18-10-9-17(24)13-20(18)26(21(19)14-25)31(28,29)15-16-7-5-4-6-8-16/h4-10,13H,11-12,14-15H2,1-3H3. The van der Waals surface area contributed by atoms with Crippen LogP contribution in [0.15, 0.2) is 53.0 Å². The van der Waals surface area contributed by atoms with E-state index in [0.717, 1.165) is 15.4 Å². The molecule has 6 nitrogen and oxygen atoms in total. The number of halogens is 1. The van der Waals surface area contributed by atoms with Crippen LogP contribution in [0, 0.1) is 0 Å². The van der Waals surface area contributed by atoms with Crippen LogP contribution in [0.1, 0.15) is 37.6 Å². The zero-order valence-corrected chi connectivity index (χ0v) is 20.2. The summed E-state index contributed by atoms with van der Waals surface area (Å²) in [4.78, 5) is 14.3. The monoisotopic (exact) mass is 504 g/mol. The van der Waals surface area contributed by atoms with E-state index in [4.69, 9.17) is 4.74 Å². The highest BCUT2D eigenvalue weighted by molar-refractivity contribution is 9.10. The summed E-state index contributed by atoms with van der Waals surface area (Å²) in [5.74, 6) is -0.122. The van der Waals surface area contributed by atoms with Crippen molar-refractivity contribution in [2.45, 2.75) is 45.1 Å². The second-order valence-electron chi connectivity index (χ2n) is 8.74. The molecule has 164 valence electrons. The summed E-state index contributed by atoms with van der Waals surface area (Å²) < 4.78 is 34.9. The number of hydrogen-bond donors (Lipinski definition) is 0. The van der Waals surface area contributed by atoms with Gasteiger partial charge in [-0.15, -0.1) is 0 Å². The largest absolute Gasteiger partial charge is 0.444 e. The maximum absolute atomic E-state index is 13.6. The summed E-state index contributed by atoms with van der Waals surface area (Å²) >= 11 is 3.47. The van der Waals surface area contributed by atoms with E-state index in [-0.39, 0.29) is 12.3 Å². The third-order valence-electron chi connectivity index (χ3n) is 5.19. The Morgan fingerprint density at radius 2 is 1.84 bits per heavy atom. The number of hydrogen-bond acceptors (Lipinski definition) is 4. The van der Waals surface area contributed by atoms with Gasteiger partial charge in [-0.2, -0.15) is 0 Å². The highest BCUT2D eigenvalue weighted by Crippen LogP contribution is 2.35. The minimum absolute atomic E-state index is 0.122. The molecule has 0 unspecified atom stereocenters. The average Bonchev–Trinajstić information content (AvgIpc) is 3.00. The first-order valence-electron chi connectivity index (χ1n) is 10.1. The van der Waals surface area contributed by atoms with Gasteiger partial charge < -0.3 is 9.64 Å². The fraction of sp³-hybridized carbons (Fsp3) is 0.348. The number of nitrogens with zero attached hydrogens (tertiary/aromatic N) is 2. The molecule has 0 N–H and O–H groups in total. The lowest BCUT2D eigenvalue weighted by atomic mass is 10.0. The van der Waals surface area contributed by atoms with Crippen LogP contribution in [0.4, 0.5) is 4.79 Å². The second-order valence-corrected chi connectivity index (χ2v) is 11.5. The van der Waals surface area contributed by atoms with Gasteiger partial charge in [-0.3, -0.25) is 0 Å². The van der Waals surface area contributed by atoms with Crippen molar-refractivity contribution in [2.75, 3.05) is 6.54 Å². The predicted octanol–water partition coefficient (Wildman–Crippen LogP) is 5.08. The molecule has 0 saturated carbocycles. The molecule has 1 aliphatic rings. The van der Waals surface area contributed by atoms with Gasteiger partial charge in [0.15, 0.2) is 0 Å². The molecule has 0 bridgehead atoms. The number of amides is 1. The van der Waals surface area contributed by atoms with Crippen molar-refractivity contribution < 1.29 is 17.9 Å². The fourth-order valence-electron chi connectivity index (χ4n) is 3.95. The summed E-state index contributed by atoms with van der Waals surface area (Å²) in [5.41, 5.74) is 2.32. The van der Waals surface area contributed by atoms with Crippen molar-refractivity contribution in [3.05, 3.63) is 69.8 Å². The van der Waals surface area contributed by atoms with Crippen molar-refractivity contribution in [3.8, 4) is 0 Å². The molecule has 0 fully saturated rings. The Bertz CT molecular complexity index is 1240. The molecule has 8 heteroatoms. The fourth-order valence-corrected chi connectivity index (χ4v) is 5.99. The molecule has 1 aromatic heterocycles. The lowest BCUT2D eigenvalue weighted by Gasteiger charge is -2.30. The number of rotatable bonds is 3. The molecular weight excluding hydrogens is 480 g/mol. The van der Waals surface area contributed by atoms with Crippen molar-refractivity contribution in [2.24, 2.45) is 0 Å². The second kappa shape index (κ2) is 7.98. The summed E-state index contributed by atoms with van der Waals surface area (Å²) in [5, 5.41) is 0.902. The maximum atomic E-state index is 13.6. The van der Waals surface area contributed by atoms with Crippen molar-refractivity contribution >= 4 is 42.9 Å². The third-order valence-corrected chi connectivity index (χ3v) is 7.36. The first-order chi connectivity index (χ1) is 14.5. The van der Waals surface area contributed by atoms with Crippen LogP contribution >= 0.6 is 15.9 Å². The van der Waals surface area contributed by atoms with Crippen molar-refractivity contribution in [3.63, 3.8) is 0 Å². The van der Waals surface area contributed by atoms with Crippen molar-refractivity contribution in [1.82, 2.24) is 8.87 Å². The molecule has 2 aromatic carbocycles. The molecule has 0 spiro atoms. The molecule has 0 aliphatic carbocycles. The molecule has 0 atom stereocenters. The lowest BCUT2D eigenvalue weighted by Crippen LogP contribution is -2.40. The molecule has 4 rings (SSSR count). The van der Waals surface area contributed by atoms with E-state index in [1.807, 2.05) is 57.2 Å². The van der Waals surface area contributed by atoms with E-state index in [1.165, 1.54) is 3.97 Å². The molecule has 1 aliphatic heterocycles. The number of carbonyl (C=O) groups excluding carboxylic acids is 1. The molecule has 0 radical (unpaired) electrons. The molecule has 1 amide bonds. The van der Waals surface area contributed by atoms with Gasteiger partial charge in [0.1, 0.15) is 5.60 Å². The quantitative estimate of drug-likeness (QED) is 0.498. The SMILES string of the molecule is CC(C)(C)OC(=O)N1CCc2c(n(S(=O)(=O)Cc3ccccc3)c3cc(Br)ccc23)C1. The Balaban J connectivity index is 1.81. The zero-order chi connectivity index (χ0) is 22.4. The van der Waals surface area contributed by atoms with E-state index in [2.05, 4.69) is 15.9 Å². The van der Waals surface area contributed by atoms with E-state index >= 15 is 0 Å². The van der Waals surface area contributed by atoms with Gasteiger partial charge >= 0.3 is 6.09 Å². The topological polar surface area (TPSA) is 68.6 Å². The first kappa shape index (κ1) is 21.9. The number of ether oxygens (including phenoxy) is 1. The van der Waals surface area contributed by atoms with Gasteiger partial charge in [-0.05, 0) is 50.5 Å². The van der Waals surface area contributed by atoms with E-state index < -0.39 is 21.7 Å². The predicted molar refractivity (Wildman–Crippen MR) is 124 cm³/mol. The van der Waals surface area contributed by atoms with Gasteiger partial charge in [0.2, 0.25) is 10.0 Å². The zero-order valence-electron chi connectivity index (χ0n) is 17.8. The van der Waals surface area contributed by atoms with E-state index in [0.29, 0.717) is 29.7 Å². The Morgan fingerprint density at radius 1 is 1.13 bits per heavy atom. The van der Waals surface area contributed by atoms with Crippen LogP contribution in [0.25, 0.3) is 10.9 Å². The Morgan fingerprint density at radius 3 is 2.52 bits per heavy atom. The number of fused-ring (bicyclic) bond motifs is 3. The normalized spacial score (nSPS) is 14.5. The molecule has 2 heterocycles. The summed E-state index contributed by atoms with van der Waals surface area (Å²) in [6, 6.07) is 14.8. The van der Waals surface area contributed by atoms with Crippen LogP contribution in [0.3, 0.4) is 0 Å².